The summed E-state index contributed by atoms with van der Waals surface area (Å²) in [4.78, 5) is 2.30. The molecule has 1 fully saturated rings. The molecule has 1 N–H and O–H groups in total. The van der Waals surface area contributed by atoms with Gasteiger partial charge < -0.3 is 14.7 Å². The molecule has 1 aliphatic rings. The fraction of sp³-hybridized carbons (Fsp3) is 0.600. The number of benzene rings is 1. The Kier molecular flexibility index (Phi) is 4.61. The first-order valence-corrected chi connectivity index (χ1v) is 6.81. The Balaban J connectivity index is 2.20. The van der Waals surface area contributed by atoms with Gasteiger partial charge in [0.15, 0.2) is 0 Å². The van der Waals surface area contributed by atoms with Crippen LogP contribution in [-0.2, 0) is 4.74 Å². The minimum absolute atomic E-state index is 0.372. The third-order valence-electron chi connectivity index (χ3n) is 3.80. The number of para-hydroxylation sites is 1. The fourth-order valence-electron chi connectivity index (χ4n) is 2.58. The Morgan fingerprint density at radius 1 is 1.33 bits per heavy atom. The summed E-state index contributed by atoms with van der Waals surface area (Å²) in [5, 5.41) is 10.1. The smallest absolute Gasteiger partial charge is 0.0807 e. The largest absolute Gasteiger partial charge is 0.388 e. The third-order valence-corrected chi connectivity index (χ3v) is 3.80. The molecule has 0 amide bonds. The zero-order valence-corrected chi connectivity index (χ0v) is 11.3. The van der Waals surface area contributed by atoms with E-state index in [0.717, 1.165) is 43.7 Å². The number of hydrogen-bond acceptors (Lipinski definition) is 3. The lowest BCUT2D eigenvalue weighted by Gasteiger charge is -2.34. The van der Waals surface area contributed by atoms with E-state index in [9.17, 15) is 5.11 Å². The van der Waals surface area contributed by atoms with Gasteiger partial charge in [0.25, 0.3) is 0 Å². The van der Waals surface area contributed by atoms with Crippen LogP contribution in [0.3, 0.4) is 0 Å². The van der Waals surface area contributed by atoms with Gasteiger partial charge in [0.1, 0.15) is 0 Å². The molecule has 3 heteroatoms. The molecule has 0 aromatic heterocycles. The molecule has 100 valence electrons. The predicted molar refractivity (Wildman–Crippen MR) is 73.9 cm³/mol. The molecule has 0 aliphatic carbocycles. The van der Waals surface area contributed by atoms with Crippen molar-refractivity contribution in [3.8, 4) is 0 Å². The molecule has 2 rings (SSSR count). The van der Waals surface area contributed by atoms with Crippen molar-refractivity contribution in [2.75, 3.05) is 25.2 Å². The van der Waals surface area contributed by atoms with Crippen LogP contribution in [-0.4, -0.2) is 31.4 Å². The lowest BCUT2D eigenvalue weighted by molar-refractivity contribution is 0.0853. The van der Waals surface area contributed by atoms with Crippen LogP contribution in [0.5, 0.6) is 0 Å². The number of nitrogens with zero attached hydrogens (tertiary/aromatic N) is 1. The molecule has 1 aromatic rings. The maximum absolute atomic E-state index is 10.1. The molecule has 0 spiro atoms. The van der Waals surface area contributed by atoms with Crippen molar-refractivity contribution < 1.29 is 9.84 Å². The number of hydrogen-bond donors (Lipinski definition) is 1. The summed E-state index contributed by atoms with van der Waals surface area (Å²) >= 11 is 0. The minimum atomic E-state index is -0.372. The zero-order valence-electron chi connectivity index (χ0n) is 11.3. The molecule has 0 bridgehead atoms. The molecule has 18 heavy (non-hydrogen) atoms. The summed E-state index contributed by atoms with van der Waals surface area (Å²) in [5.41, 5.74) is 2.19. The molecular formula is C15H23NO2. The zero-order chi connectivity index (χ0) is 13.0. The Morgan fingerprint density at radius 3 is 2.67 bits per heavy atom. The van der Waals surface area contributed by atoms with Crippen LogP contribution in [0.2, 0.25) is 0 Å². The second-order valence-corrected chi connectivity index (χ2v) is 4.94. The van der Waals surface area contributed by atoms with Crippen molar-refractivity contribution in [3.05, 3.63) is 29.8 Å². The van der Waals surface area contributed by atoms with Crippen LogP contribution in [0.25, 0.3) is 0 Å². The van der Waals surface area contributed by atoms with E-state index in [1.54, 1.807) is 0 Å². The second kappa shape index (κ2) is 6.21. The Labute approximate surface area is 109 Å². The standard InChI is InChI=1S/C15H23NO2/c1-3-15(17)13-6-4-5-7-14(13)16(2)12-8-10-18-11-9-12/h4-7,12,15,17H,3,8-11H2,1-2H3. The van der Waals surface area contributed by atoms with E-state index in [2.05, 4.69) is 18.0 Å². The van der Waals surface area contributed by atoms with Crippen LogP contribution >= 0.6 is 0 Å². The Morgan fingerprint density at radius 2 is 2.00 bits per heavy atom. The molecule has 1 aliphatic heterocycles. The van der Waals surface area contributed by atoms with Gasteiger partial charge in [0.05, 0.1) is 6.10 Å². The maximum Gasteiger partial charge on any atom is 0.0807 e. The van der Waals surface area contributed by atoms with Gasteiger partial charge in [-0.05, 0) is 25.3 Å². The number of rotatable bonds is 4. The summed E-state index contributed by atoms with van der Waals surface area (Å²) < 4.78 is 5.41. The lowest BCUT2D eigenvalue weighted by Crippen LogP contribution is -2.37. The van der Waals surface area contributed by atoms with Gasteiger partial charge in [0, 0.05) is 37.6 Å². The van der Waals surface area contributed by atoms with Crippen molar-refractivity contribution in [1.82, 2.24) is 0 Å². The molecule has 1 aromatic carbocycles. The van der Waals surface area contributed by atoms with Crippen molar-refractivity contribution >= 4 is 5.69 Å². The van der Waals surface area contributed by atoms with Gasteiger partial charge in [-0.3, -0.25) is 0 Å². The van der Waals surface area contributed by atoms with Gasteiger partial charge in [-0.1, -0.05) is 25.1 Å². The van der Waals surface area contributed by atoms with E-state index < -0.39 is 0 Å². The van der Waals surface area contributed by atoms with E-state index in [1.807, 2.05) is 25.1 Å². The highest BCUT2D eigenvalue weighted by molar-refractivity contribution is 5.54. The minimum Gasteiger partial charge on any atom is -0.388 e. The quantitative estimate of drug-likeness (QED) is 0.890. The lowest BCUT2D eigenvalue weighted by atomic mass is 10.0. The summed E-state index contributed by atoms with van der Waals surface area (Å²) in [6.07, 6.45) is 2.50. The average molecular weight is 249 g/mol. The van der Waals surface area contributed by atoms with Gasteiger partial charge in [-0.15, -0.1) is 0 Å². The summed E-state index contributed by atoms with van der Waals surface area (Å²) in [6, 6.07) is 8.68. The molecule has 1 atom stereocenters. The normalized spacial score (nSPS) is 18.6. The molecule has 1 heterocycles. The van der Waals surface area contributed by atoms with Crippen molar-refractivity contribution in [2.45, 2.75) is 38.3 Å². The number of aliphatic hydroxyl groups is 1. The van der Waals surface area contributed by atoms with Gasteiger partial charge in [-0.2, -0.15) is 0 Å². The maximum atomic E-state index is 10.1. The van der Waals surface area contributed by atoms with Crippen LogP contribution in [0, 0.1) is 0 Å². The van der Waals surface area contributed by atoms with Crippen LogP contribution in [0.4, 0.5) is 5.69 Å². The first-order valence-electron chi connectivity index (χ1n) is 6.81. The van der Waals surface area contributed by atoms with Crippen molar-refractivity contribution in [2.24, 2.45) is 0 Å². The SMILES string of the molecule is CCC(O)c1ccccc1N(C)C1CCOCC1. The highest BCUT2D eigenvalue weighted by Gasteiger charge is 2.21. The highest BCUT2D eigenvalue weighted by Crippen LogP contribution is 2.30. The fourth-order valence-corrected chi connectivity index (χ4v) is 2.58. The van der Waals surface area contributed by atoms with Crippen LogP contribution in [0.1, 0.15) is 37.9 Å². The van der Waals surface area contributed by atoms with Gasteiger partial charge in [-0.25, -0.2) is 0 Å². The van der Waals surface area contributed by atoms with Crippen LogP contribution < -0.4 is 4.90 Å². The number of aliphatic hydroxyl groups excluding tert-OH is 1. The predicted octanol–water partition coefficient (Wildman–Crippen LogP) is 2.75. The van der Waals surface area contributed by atoms with Gasteiger partial charge >= 0.3 is 0 Å². The summed E-state index contributed by atoms with van der Waals surface area (Å²) in [5.74, 6) is 0. The Bertz CT molecular complexity index is 375. The molecule has 3 nitrogen and oxygen atoms in total. The van der Waals surface area contributed by atoms with E-state index in [4.69, 9.17) is 4.74 Å². The average Bonchev–Trinajstić information content (AvgIpc) is 2.46. The number of ether oxygens (including phenoxy) is 1. The first kappa shape index (κ1) is 13.4. The number of anilines is 1. The summed E-state index contributed by atoms with van der Waals surface area (Å²) in [6.45, 7) is 3.69. The van der Waals surface area contributed by atoms with Gasteiger partial charge in [0.2, 0.25) is 0 Å². The van der Waals surface area contributed by atoms with Crippen molar-refractivity contribution in [1.29, 1.82) is 0 Å². The molecule has 0 radical (unpaired) electrons. The van der Waals surface area contributed by atoms with E-state index in [1.165, 1.54) is 0 Å². The monoisotopic (exact) mass is 249 g/mol. The molecule has 1 saturated heterocycles. The van der Waals surface area contributed by atoms with E-state index in [-0.39, 0.29) is 6.10 Å². The third kappa shape index (κ3) is 2.85. The second-order valence-electron chi connectivity index (χ2n) is 4.94. The van der Waals surface area contributed by atoms with Crippen molar-refractivity contribution in [3.63, 3.8) is 0 Å². The first-order chi connectivity index (χ1) is 8.74. The highest BCUT2D eigenvalue weighted by atomic mass is 16.5. The molecular weight excluding hydrogens is 226 g/mol. The molecule has 1 unspecified atom stereocenters. The van der Waals surface area contributed by atoms with Crippen LogP contribution in [0.15, 0.2) is 24.3 Å². The Hall–Kier alpha value is -1.06. The van der Waals surface area contributed by atoms with E-state index in [0.29, 0.717) is 6.04 Å². The topological polar surface area (TPSA) is 32.7 Å². The van der Waals surface area contributed by atoms with E-state index >= 15 is 0 Å². The summed E-state index contributed by atoms with van der Waals surface area (Å²) in [7, 11) is 2.12. The molecule has 0 saturated carbocycles.